The number of rotatable bonds is 2. The number of anilines is 1. The van der Waals surface area contributed by atoms with Crippen molar-refractivity contribution in [1.29, 1.82) is 0 Å². The molecule has 0 aliphatic carbocycles. The maximum atomic E-state index is 11.7. The van der Waals surface area contributed by atoms with Crippen molar-refractivity contribution in [2.24, 2.45) is 0 Å². The number of carbonyl (C=O) groups is 1. The van der Waals surface area contributed by atoms with Gasteiger partial charge >= 0.3 is 0 Å². The Morgan fingerprint density at radius 3 is 3.27 bits per heavy atom. The van der Waals surface area contributed by atoms with Crippen LogP contribution in [0.5, 0.6) is 0 Å². The standard InChI is InChI=1S/C9H10BrN3OS/c10-6-3-11-2-1-7(6)13-9(14)8-4-15-5-12-8/h1-3,8,12H,4-5H2,(H,11,13,14). The van der Waals surface area contributed by atoms with Crippen molar-refractivity contribution in [2.45, 2.75) is 6.04 Å². The summed E-state index contributed by atoms with van der Waals surface area (Å²) in [5.41, 5.74) is 0.758. The van der Waals surface area contributed by atoms with E-state index in [1.807, 2.05) is 0 Å². The van der Waals surface area contributed by atoms with E-state index >= 15 is 0 Å². The number of carbonyl (C=O) groups excluding carboxylic acids is 1. The summed E-state index contributed by atoms with van der Waals surface area (Å²) in [6, 6.07) is 1.68. The molecule has 1 unspecified atom stereocenters. The topological polar surface area (TPSA) is 54.0 Å². The fourth-order valence-corrected chi connectivity index (χ4v) is 2.55. The van der Waals surface area contributed by atoms with Crippen LogP contribution in [-0.2, 0) is 4.79 Å². The highest BCUT2D eigenvalue weighted by Crippen LogP contribution is 2.20. The van der Waals surface area contributed by atoms with Crippen molar-refractivity contribution >= 4 is 39.3 Å². The summed E-state index contributed by atoms with van der Waals surface area (Å²) < 4.78 is 0.795. The molecule has 0 saturated carbocycles. The molecule has 1 amide bonds. The van der Waals surface area contributed by atoms with Gasteiger partial charge in [-0.3, -0.25) is 15.1 Å². The van der Waals surface area contributed by atoms with Crippen molar-refractivity contribution < 1.29 is 4.79 Å². The SMILES string of the molecule is O=C(Nc1ccncc1Br)C1CSCN1. The molecule has 0 aromatic carbocycles. The van der Waals surface area contributed by atoms with Crippen LogP contribution in [-0.4, -0.2) is 28.6 Å². The van der Waals surface area contributed by atoms with Crippen LogP contribution in [0.1, 0.15) is 0 Å². The zero-order valence-electron chi connectivity index (χ0n) is 7.87. The summed E-state index contributed by atoms with van der Waals surface area (Å²) in [4.78, 5) is 15.7. The highest BCUT2D eigenvalue weighted by Gasteiger charge is 2.22. The first-order valence-corrected chi connectivity index (χ1v) is 6.43. The van der Waals surface area contributed by atoms with Gasteiger partial charge in [-0.1, -0.05) is 0 Å². The van der Waals surface area contributed by atoms with Gasteiger partial charge in [0.2, 0.25) is 5.91 Å². The van der Waals surface area contributed by atoms with Crippen molar-refractivity contribution in [3.63, 3.8) is 0 Å². The van der Waals surface area contributed by atoms with E-state index in [2.05, 4.69) is 31.5 Å². The maximum Gasteiger partial charge on any atom is 0.242 e. The zero-order chi connectivity index (χ0) is 10.7. The summed E-state index contributed by atoms with van der Waals surface area (Å²) in [7, 11) is 0. The van der Waals surface area contributed by atoms with Crippen LogP contribution < -0.4 is 10.6 Å². The average Bonchev–Trinajstić information content (AvgIpc) is 2.74. The molecule has 1 aliphatic heterocycles. The smallest absolute Gasteiger partial charge is 0.242 e. The van der Waals surface area contributed by atoms with E-state index in [0.29, 0.717) is 0 Å². The third-order valence-corrected chi connectivity index (χ3v) is 3.63. The van der Waals surface area contributed by atoms with Crippen LogP contribution in [0.15, 0.2) is 22.9 Å². The molecule has 1 atom stereocenters. The van der Waals surface area contributed by atoms with E-state index in [0.717, 1.165) is 21.8 Å². The molecule has 1 aromatic rings. The maximum absolute atomic E-state index is 11.7. The Morgan fingerprint density at radius 2 is 2.60 bits per heavy atom. The van der Waals surface area contributed by atoms with Gasteiger partial charge < -0.3 is 5.32 Å². The molecular formula is C9H10BrN3OS. The Hall–Kier alpha value is -0.590. The molecule has 2 rings (SSSR count). The first-order valence-electron chi connectivity index (χ1n) is 4.49. The van der Waals surface area contributed by atoms with Crippen LogP contribution in [0.25, 0.3) is 0 Å². The van der Waals surface area contributed by atoms with E-state index in [-0.39, 0.29) is 11.9 Å². The van der Waals surface area contributed by atoms with Gasteiger partial charge in [0.1, 0.15) is 0 Å². The Labute approximate surface area is 100 Å². The first-order chi connectivity index (χ1) is 7.27. The van der Waals surface area contributed by atoms with Crippen LogP contribution in [0.3, 0.4) is 0 Å². The minimum Gasteiger partial charge on any atom is -0.324 e. The number of amides is 1. The Bertz CT molecular complexity index is 368. The number of nitrogens with zero attached hydrogens (tertiary/aromatic N) is 1. The van der Waals surface area contributed by atoms with Crippen molar-refractivity contribution in [3.05, 3.63) is 22.9 Å². The monoisotopic (exact) mass is 287 g/mol. The highest BCUT2D eigenvalue weighted by molar-refractivity contribution is 9.10. The quantitative estimate of drug-likeness (QED) is 0.865. The zero-order valence-corrected chi connectivity index (χ0v) is 10.3. The molecule has 80 valence electrons. The van der Waals surface area contributed by atoms with E-state index < -0.39 is 0 Å². The van der Waals surface area contributed by atoms with Crippen molar-refractivity contribution in [1.82, 2.24) is 10.3 Å². The molecule has 4 nitrogen and oxygen atoms in total. The number of hydrogen-bond donors (Lipinski definition) is 2. The van der Waals surface area contributed by atoms with Crippen LogP contribution >= 0.6 is 27.7 Å². The minimum absolute atomic E-state index is 0.00639. The molecule has 0 radical (unpaired) electrons. The summed E-state index contributed by atoms with van der Waals surface area (Å²) in [5.74, 6) is 1.68. The summed E-state index contributed by atoms with van der Waals surface area (Å²) >= 11 is 5.06. The van der Waals surface area contributed by atoms with Gasteiger partial charge in [-0.25, -0.2) is 0 Å². The molecule has 0 bridgehead atoms. The largest absolute Gasteiger partial charge is 0.324 e. The normalized spacial score (nSPS) is 20.2. The molecule has 0 spiro atoms. The van der Waals surface area contributed by atoms with E-state index in [4.69, 9.17) is 0 Å². The number of halogens is 1. The van der Waals surface area contributed by atoms with Crippen LogP contribution in [0, 0.1) is 0 Å². The highest BCUT2D eigenvalue weighted by atomic mass is 79.9. The lowest BCUT2D eigenvalue weighted by atomic mass is 10.3. The number of thioether (sulfide) groups is 1. The predicted molar refractivity (Wildman–Crippen MR) is 64.8 cm³/mol. The number of aromatic nitrogens is 1. The fraction of sp³-hybridized carbons (Fsp3) is 0.333. The van der Waals surface area contributed by atoms with Crippen molar-refractivity contribution in [2.75, 3.05) is 16.9 Å². The second-order valence-electron chi connectivity index (χ2n) is 3.12. The van der Waals surface area contributed by atoms with E-state index in [1.165, 1.54) is 0 Å². The molecule has 2 N–H and O–H groups in total. The number of pyridine rings is 1. The third kappa shape index (κ3) is 2.70. The molecule has 1 aromatic heterocycles. The lowest BCUT2D eigenvalue weighted by molar-refractivity contribution is -0.117. The molecule has 2 heterocycles. The molecule has 15 heavy (non-hydrogen) atoms. The predicted octanol–water partition coefficient (Wildman–Crippen LogP) is 1.45. The minimum atomic E-state index is -0.0879. The third-order valence-electron chi connectivity index (χ3n) is 2.06. The Morgan fingerprint density at radius 1 is 1.73 bits per heavy atom. The summed E-state index contributed by atoms with van der Waals surface area (Å²) in [6.07, 6.45) is 3.31. The van der Waals surface area contributed by atoms with Crippen LogP contribution in [0.2, 0.25) is 0 Å². The van der Waals surface area contributed by atoms with Gasteiger partial charge in [0.15, 0.2) is 0 Å². The number of hydrogen-bond acceptors (Lipinski definition) is 4. The lowest BCUT2D eigenvalue weighted by Crippen LogP contribution is -2.37. The van der Waals surface area contributed by atoms with Gasteiger partial charge in [0.25, 0.3) is 0 Å². The molecule has 6 heteroatoms. The second kappa shape index (κ2) is 4.96. The average molecular weight is 288 g/mol. The van der Waals surface area contributed by atoms with Gasteiger partial charge in [-0.2, -0.15) is 0 Å². The van der Waals surface area contributed by atoms with Gasteiger partial charge in [-0.15, -0.1) is 11.8 Å². The summed E-state index contributed by atoms with van der Waals surface area (Å²) in [5, 5.41) is 5.97. The molecule has 1 fully saturated rings. The van der Waals surface area contributed by atoms with Gasteiger partial charge in [0, 0.05) is 24.0 Å². The van der Waals surface area contributed by atoms with Crippen molar-refractivity contribution in [3.8, 4) is 0 Å². The Balaban J connectivity index is 2.02. The number of nitrogens with one attached hydrogen (secondary N) is 2. The first kappa shape index (κ1) is 10.9. The molecule has 1 aliphatic rings. The van der Waals surface area contributed by atoms with E-state index in [9.17, 15) is 4.79 Å². The van der Waals surface area contributed by atoms with E-state index in [1.54, 1.807) is 30.2 Å². The van der Waals surface area contributed by atoms with Gasteiger partial charge in [-0.05, 0) is 22.0 Å². The second-order valence-corrected chi connectivity index (χ2v) is 5.00. The lowest BCUT2D eigenvalue weighted by Gasteiger charge is -2.11. The Kier molecular flexibility index (Phi) is 3.61. The molecule has 1 saturated heterocycles. The van der Waals surface area contributed by atoms with Crippen LogP contribution in [0.4, 0.5) is 5.69 Å². The molecular weight excluding hydrogens is 278 g/mol. The fourth-order valence-electron chi connectivity index (χ4n) is 1.26. The van der Waals surface area contributed by atoms with Gasteiger partial charge in [0.05, 0.1) is 16.2 Å². The summed E-state index contributed by atoms with van der Waals surface area (Å²) in [6.45, 7) is 0.